The van der Waals surface area contributed by atoms with E-state index in [-0.39, 0.29) is 0 Å². The van der Waals surface area contributed by atoms with Crippen LogP contribution < -0.4 is 5.32 Å². The molecule has 0 radical (unpaired) electrons. The molecule has 2 fully saturated rings. The quantitative estimate of drug-likeness (QED) is 0.601. The number of ether oxygens (including phenoxy) is 1. The summed E-state index contributed by atoms with van der Waals surface area (Å²) in [6.07, 6.45) is 6.40. The van der Waals surface area contributed by atoms with E-state index in [2.05, 4.69) is 10.2 Å². The first-order valence-corrected chi connectivity index (χ1v) is 7.79. The summed E-state index contributed by atoms with van der Waals surface area (Å²) in [6, 6.07) is 1.13. The van der Waals surface area contributed by atoms with Crippen LogP contribution in [0.4, 0.5) is 0 Å². The van der Waals surface area contributed by atoms with E-state index in [1.54, 1.807) is 7.11 Å². The maximum absolute atomic E-state index is 11.5. The molecule has 2 aliphatic rings. The lowest BCUT2D eigenvalue weighted by Crippen LogP contribution is -2.51. The number of carboxylic acids is 1. The van der Waals surface area contributed by atoms with Crippen LogP contribution in [0.3, 0.4) is 0 Å². The van der Waals surface area contributed by atoms with Crippen molar-refractivity contribution < 1.29 is 14.6 Å². The molecule has 0 heterocycles. The highest BCUT2D eigenvalue weighted by atomic mass is 16.5. The Bertz CT molecular complexity index is 329. The van der Waals surface area contributed by atoms with Crippen molar-refractivity contribution in [2.75, 3.05) is 26.8 Å². The molecular weight excluding hydrogens is 256 g/mol. The number of hydrogen-bond donors (Lipinski definition) is 2. The standard InChI is InChI=1S/C15H28N2O3/c1-15(14(18)19,16-12-4-5-12)8-3-9-17(10-11-20-2)13-6-7-13/h12-13,16H,3-11H2,1-2H3,(H,18,19). The predicted octanol–water partition coefficient (Wildman–Crippen LogP) is 1.47. The highest BCUT2D eigenvalue weighted by molar-refractivity contribution is 5.78. The van der Waals surface area contributed by atoms with Gasteiger partial charge in [-0.15, -0.1) is 0 Å². The molecular formula is C15H28N2O3. The van der Waals surface area contributed by atoms with E-state index in [1.807, 2.05) is 6.92 Å². The average molecular weight is 284 g/mol. The summed E-state index contributed by atoms with van der Waals surface area (Å²) in [6.45, 7) is 4.52. The highest BCUT2D eigenvalue weighted by Crippen LogP contribution is 2.28. The van der Waals surface area contributed by atoms with Crippen LogP contribution >= 0.6 is 0 Å². The molecule has 2 aliphatic carbocycles. The summed E-state index contributed by atoms with van der Waals surface area (Å²) < 4.78 is 5.15. The number of nitrogens with zero attached hydrogens (tertiary/aromatic N) is 1. The minimum Gasteiger partial charge on any atom is -0.480 e. The SMILES string of the molecule is COCCN(CCCC(C)(NC1CC1)C(=O)O)C1CC1. The van der Waals surface area contributed by atoms with Crippen molar-refractivity contribution in [2.24, 2.45) is 0 Å². The second kappa shape index (κ2) is 6.87. The molecule has 0 amide bonds. The lowest BCUT2D eigenvalue weighted by Gasteiger charge is -2.28. The number of rotatable bonds is 11. The van der Waals surface area contributed by atoms with E-state index < -0.39 is 11.5 Å². The summed E-state index contributed by atoms with van der Waals surface area (Å²) in [7, 11) is 1.73. The van der Waals surface area contributed by atoms with E-state index in [4.69, 9.17) is 4.74 Å². The molecule has 0 aromatic rings. The summed E-state index contributed by atoms with van der Waals surface area (Å²) in [5, 5.41) is 12.7. The molecule has 1 atom stereocenters. The first-order chi connectivity index (χ1) is 9.55. The van der Waals surface area contributed by atoms with E-state index >= 15 is 0 Å². The van der Waals surface area contributed by atoms with Gasteiger partial charge in [0.2, 0.25) is 0 Å². The van der Waals surface area contributed by atoms with E-state index in [1.165, 1.54) is 12.8 Å². The monoisotopic (exact) mass is 284 g/mol. The molecule has 0 bridgehead atoms. The van der Waals surface area contributed by atoms with Gasteiger partial charge >= 0.3 is 5.97 Å². The third kappa shape index (κ3) is 4.72. The summed E-state index contributed by atoms with van der Waals surface area (Å²) in [5.41, 5.74) is -0.766. The van der Waals surface area contributed by atoms with Crippen molar-refractivity contribution in [3.8, 4) is 0 Å². The van der Waals surface area contributed by atoms with Gasteiger partial charge in [-0.1, -0.05) is 0 Å². The Morgan fingerprint density at radius 2 is 2.05 bits per heavy atom. The number of carboxylic acid groups (broad SMARTS) is 1. The fourth-order valence-corrected chi connectivity index (χ4v) is 2.68. The highest BCUT2D eigenvalue weighted by Gasteiger charge is 2.38. The van der Waals surface area contributed by atoms with Gasteiger partial charge in [0.05, 0.1) is 6.61 Å². The van der Waals surface area contributed by atoms with Crippen LogP contribution in [-0.4, -0.2) is 60.4 Å². The van der Waals surface area contributed by atoms with E-state index in [0.717, 1.165) is 39.0 Å². The average Bonchev–Trinajstić information content (AvgIpc) is 3.25. The molecule has 0 aromatic heterocycles. The number of aliphatic carboxylic acids is 1. The van der Waals surface area contributed by atoms with Crippen LogP contribution in [0.5, 0.6) is 0 Å². The minimum absolute atomic E-state index is 0.420. The number of nitrogens with one attached hydrogen (secondary N) is 1. The zero-order valence-electron chi connectivity index (χ0n) is 12.7. The van der Waals surface area contributed by atoms with Crippen LogP contribution in [0.1, 0.15) is 45.4 Å². The normalized spacial score (nSPS) is 21.9. The minimum atomic E-state index is -0.766. The fraction of sp³-hybridized carbons (Fsp3) is 0.933. The third-order valence-corrected chi connectivity index (χ3v) is 4.34. The van der Waals surface area contributed by atoms with Gasteiger partial charge in [0.1, 0.15) is 5.54 Å². The molecule has 0 aliphatic heterocycles. The van der Waals surface area contributed by atoms with Gasteiger partial charge in [-0.05, 0) is 52.0 Å². The lowest BCUT2D eigenvalue weighted by molar-refractivity contribution is -0.144. The van der Waals surface area contributed by atoms with Crippen LogP contribution in [0, 0.1) is 0 Å². The van der Waals surface area contributed by atoms with Crippen LogP contribution in [0.2, 0.25) is 0 Å². The molecule has 0 aromatic carbocycles. The number of carbonyl (C=O) groups is 1. The predicted molar refractivity (Wildman–Crippen MR) is 77.9 cm³/mol. The maximum Gasteiger partial charge on any atom is 0.323 e. The van der Waals surface area contributed by atoms with Gasteiger partial charge in [-0.3, -0.25) is 15.0 Å². The van der Waals surface area contributed by atoms with Crippen molar-refractivity contribution >= 4 is 5.97 Å². The van der Waals surface area contributed by atoms with Crippen molar-refractivity contribution in [1.29, 1.82) is 0 Å². The molecule has 5 heteroatoms. The number of hydrogen-bond acceptors (Lipinski definition) is 4. The van der Waals surface area contributed by atoms with Crippen LogP contribution in [-0.2, 0) is 9.53 Å². The zero-order valence-corrected chi connectivity index (χ0v) is 12.7. The Kier molecular flexibility index (Phi) is 5.41. The second-order valence-corrected chi connectivity index (χ2v) is 6.42. The van der Waals surface area contributed by atoms with Crippen LogP contribution in [0.25, 0.3) is 0 Å². The van der Waals surface area contributed by atoms with Gasteiger partial charge in [0, 0.05) is 25.7 Å². The molecule has 2 saturated carbocycles. The molecule has 0 saturated heterocycles. The smallest absolute Gasteiger partial charge is 0.323 e. The maximum atomic E-state index is 11.5. The summed E-state index contributed by atoms with van der Waals surface area (Å²) in [4.78, 5) is 13.9. The van der Waals surface area contributed by atoms with Crippen molar-refractivity contribution in [1.82, 2.24) is 10.2 Å². The zero-order chi connectivity index (χ0) is 14.6. The van der Waals surface area contributed by atoms with Crippen molar-refractivity contribution in [3.63, 3.8) is 0 Å². The Labute approximate surface area is 121 Å². The molecule has 20 heavy (non-hydrogen) atoms. The molecule has 116 valence electrons. The van der Waals surface area contributed by atoms with Gasteiger partial charge in [0.25, 0.3) is 0 Å². The molecule has 2 rings (SSSR count). The van der Waals surface area contributed by atoms with Gasteiger partial charge < -0.3 is 9.84 Å². The van der Waals surface area contributed by atoms with Crippen LogP contribution in [0.15, 0.2) is 0 Å². The Morgan fingerprint density at radius 1 is 1.35 bits per heavy atom. The van der Waals surface area contributed by atoms with Gasteiger partial charge in [0.15, 0.2) is 0 Å². The number of methoxy groups -OCH3 is 1. The topological polar surface area (TPSA) is 61.8 Å². The van der Waals surface area contributed by atoms with Gasteiger partial charge in [-0.2, -0.15) is 0 Å². The third-order valence-electron chi connectivity index (χ3n) is 4.34. The molecule has 2 N–H and O–H groups in total. The van der Waals surface area contributed by atoms with E-state index in [0.29, 0.717) is 18.5 Å². The van der Waals surface area contributed by atoms with E-state index in [9.17, 15) is 9.90 Å². The van der Waals surface area contributed by atoms with Crippen molar-refractivity contribution in [2.45, 2.75) is 63.1 Å². The molecule has 1 unspecified atom stereocenters. The first-order valence-electron chi connectivity index (χ1n) is 7.79. The second-order valence-electron chi connectivity index (χ2n) is 6.42. The molecule has 0 spiro atoms. The Morgan fingerprint density at radius 3 is 2.55 bits per heavy atom. The largest absolute Gasteiger partial charge is 0.480 e. The summed E-state index contributed by atoms with van der Waals surface area (Å²) in [5.74, 6) is -0.723. The lowest BCUT2D eigenvalue weighted by atomic mass is 9.95. The summed E-state index contributed by atoms with van der Waals surface area (Å²) >= 11 is 0. The van der Waals surface area contributed by atoms with Gasteiger partial charge in [-0.25, -0.2) is 0 Å². The Balaban J connectivity index is 1.74. The fourth-order valence-electron chi connectivity index (χ4n) is 2.68. The first kappa shape index (κ1) is 15.7. The molecule has 5 nitrogen and oxygen atoms in total. The van der Waals surface area contributed by atoms with Crippen molar-refractivity contribution in [3.05, 3.63) is 0 Å². The Hall–Kier alpha value is -0.650.